The number of halogens is 1. The quantitative estimate of drug-likeness (QED) is 0.777. The third-order valence-corrected chi connectivity index (χ3v) is 7.24. The van der Waals surface area contributed by atoms with Crippen molar-refractivity contribution in [2.45, 2.75) is 19.3 Å². The van der Waals surface area contributed by atoms with Crippen LogP contribution in [-0.4, -0.2) is 66.6 Å². The highest BCUT2D eigenvalue weighted by molar-refractivity contribution is 5.80. The average molecular weight is 439 g/mol. The van der Waals surface area contributed by atoms with Gasteiger partial charge >= 0.3 is 0 Å². The molecule has 3 fully saturated rings. The maximum absolute atomic E-state index is 13.2. The second-order valence-electron chi connectivity index (χ2n) is 9.51. The molecule has 0 saturated carbocycles. The normalized spacial score (nSPS) is 24.1. The number of nitrogens with two attached hydrogens (primary N) is 1. The van der Waals surface area contributed by atoms with E-state index in [2.05, 4.69) is 9.88 Å². The van der Waals surface area contributed by atoms with Crippen molar-refractivity contribution in [3.05, 3.63) is 47.9 Å². The summed E-state index contributed by atoms with van der Waals surface area (Å²) >= 11 is 0. The fraction of sp³-hybridized carbons (Fsp3) is 0.520. The first-order valence-electron chi connectivity index (χ1n) is 11.6. The zero-order valence-electron chi connectivity index (χ0n) is 18.4. The molecular weight excluding hydrogens is 407 g/mol. The minimum atomic E-state index is -0.287. The maximum Gasteiger partial charge on any atom is 0.228 e. The van der Waals surface area contributed by atoms with E-state index in [1.165, 1.54) is 31.5 Å². The van der Waals surface area contributed by atoms with E-state index in [0.717, 1.165) is 50.9 Å². The lowest BCUT2D eigenvalue weighted by molar-refractivity contribution is -0.129. The van der Waals surface area contributed by atoms with Gasteiger partial charge in [-0.05, 0) is 67.0 Å². The molecular formula is C25H31FN4O2. The lowest BCUT2D eigenvalue weighted by Gasteiger charge is -2.28. The van der Waals surface area contributed by atoms with Crippen molar-refractivity contribution in [1.29, 1.82) is 0 Å². The van der Waals surface area contributed by atoms with Gasteiger partial charge in [-0.15, -0.1) is 0 Å². The van der Waals surface area contributed by atoms with Crippen LogP contribution in [-0.2, 0) is 16.0 Å². The molecule has 2 unspecified atom stereocenters. The molecule has 4 heterocycles. The molecule has 1 amide bonds. The van der Waals surface area contributed by atoms with Crippen LogP contribution in [0.15, 0.2) is 36.4 Å². The van der Waals surface area contributed by atoms with Gasteiger partial charge < -0.3 is 20.3 Å². The number of nitrogens with zero attached hydrogens (tertiary/aromatic N) is 3. The van der Waals surface area contributed by atoms with Crippen molar-refractivity contribution in [3.63, 3.8) is 0 Å². The highest BCUT2D eigenvalue weighted by Crippen LogP contribution is 2.33. The van der Waals surface area contributed by atoms with Crippen molar-refractivity contribution in [1.82, 2.24) is 14.8 Å². The van der Waals surface area contributed by atoms with Crippen LogP contribution in [0, 0.1) is 23.6 Å². The van der Waals surface area contributed by atoms with E-state index in [9.17, 15) is 9.18 Å². The van der Waals surface area contributed by atoms with E-state index in [0.29, 0.717) is 28.9 Å². The van der Waals surface area contributed by atoms with Crippen LogP contribution in [0.5, 0.6) is 0 Å². The largest absolute Gasteiger partial charge is 0.397 e. The van der Waals surface area contributed by atoms with Crippen molar-refractivity contribution < 1.29 is 13.9 Å². The Labute approximate surface area is 188 Å². The summed E-state index contributed by atoms with van der Waals surface area (Å²) in [4.78, 5) is 22.3. The Morgan fingerprint density at radius 1 is 1.03 bits per heavy atom. The number of likely N-dealkylation sites (tertiary alicyclic amines) is 2. The SMILES string of the molecule is Nc1ccc(-c2ccc(F)cc2)nc1CC(=O)N1CC2CN(CC3CCOCC3)CC2C1. The smallest absolute Gasteiger partial charge is 0.228 e. The molecule has 6 nitrogen and oxygen atoms in total. The molecule has 0 radical (unpaired) electrons. The summed E-state index contributed by atoms with van der Waals surface area (Å²) in [5, 5.41) is 0. The van der Waals surface area contributed by atoms with Crippen molar-refractivity contribution in [2.75, 3.05) is 51.7 Å². The number of benzene rings is 1. The number of hydrogen-bond acceptors (Lipinski definition) is 5. The van der Waals surface area contributed by atoms with E-state index in [4.69, 9.17) is 10.5 Å². The second kappa shape index (κ2) is 9.16. The first-order valence-corrected chi connectivity index (χ1v) is 11.6. The van der Waals surface area contributed by atoms with Crippen LogP contribution < -0.4 is 5.73 Å². The van der Waals surface area contributed by atoms with Crippen LogP contribution in [0.25, 0.3) is 11.3 Å². The summed E-state index contributed by atoms with van der Waals surface area (Å²) in [6.07, 6.45) is 2.54. The molecule has 3 aliphatic heterocycles. The Bertz CT molecular complexity index is 947. The Hall–Kier alpha value is -2.51. The number of anilines is 1. The third-order valence-electron chi connectivity index (χ3n) is 7.24. The van der Waals surface area contributed by atoms with Gasteiger partial charge in [0.2, 0.25) is 5.91 Å². The molecule has 5 rings (SSSR count). The lowest BCUT2D eigenvalue weighted by atomic mass is 10.00. The average Bonchev–Trinajstić information content (AvgIpc) is 3.35. The number of aromatic nitrogens is 1. The molecule has 1 aromatic heterocycles. The zero-order valence-corrected chi connectivity index (χ0v) is 18.4. The summed E-state index contributed by atoms with van der Waals surface area (Å²) in [7, 11) is 0. The van der Waals surface area contributed by atoms with Gasteiger partial charge in [-0.3, -0.25) is 9.78 Å². The summed E-state index contributed by atoms with van der Waals surface area (Å²) in [5.74, 6) is 1.68. The fourth-order valence-electron chi connectivity index (χ4n) is 5.43. The molecule has 1 aromatic carbocycles. The number of fused-ring (bicyclic) bond motifs is 1. The molecule has 0 bridgehead atoms. The fourth-order valence-corrected chi connectivity index (χ4v) is 5.43. The number of amides is 1. The van der Waals surface area contributed by atoms with E-state index >= 15 is 0 Å². The molecule has 0 aliphatic carbocycles. The molecule has 3 saturated heterocycles. The first-order chi connectivity index (χ1) is 15.5. The number of pyridine rings is 1. The number of rotatable bonds is 5. The number of carbonyl (C=O) groups excluding carboxylic acids is 1. The van der Waals surface area contributed by atoms with Crippen LogP contribution in [0.4, 0.5) is 10.1 Å². The predicted molar refractivity (Wildman–Crippen MR) is 121 cm³/mol. The minimum absolute atomic E-state index is 0.0887. The van der Waals surface area contributed by atoms with E-state index in [1.807, 2.05) is 11.0 Å². The Balaban J connectivity index is 1.18. The van der Waals surface area contributed by atoms with Crippen LogP contribution in [0.3, 0.4) is 0 Å². The molecule has 2 N–H and O–H groups in total. The van der Waals surface area contributed by atoms with E-state index in [1.54, 1.807) is 18.2 Å². The minimum Gasteiger partial charge on any atom is -0.397 e. The number of hydrogen-bond donors (Lipinski definition) is 1. The number of carbonyl (C=O) groups is 1. The summed E-state index contributed by atoms with van der Waals surface area (Å²) < 4.78 is 18.7. The van der Waals surface area contributed by atoms with Gasteiger partial charge in [0.05, 0.1) is 23.5 Å². The summed E-state index contributed by atoms with van der Waals surface area (Å²) in [6, 6.07) is 9.78. The summed E-state index contributed by atoms with van der Waals surface area (Å²) in [5.41, 5.74) is 8.75. The van der Waals surface area contributed by atoms with Crippen molar-refractivity contribution in [2.24, 2.45) is 17.8 Å². The van der Waals surface area contributed by atoms with Crippen LogP contribution in [0.2, 0.25) is 0 Å². The second-order valence-corrected chi connectivity index (χ2v) is 9.51. The van der Waals surface area contributed by atoms with Crippen LogP contribution in [0.1, 0.15) is 18.5 Å². The highest BCUT2D eigenvalue weighted by Gasteiger charge is 2.41. The van der Waals surface area contributed by atoms with E-state index < -0.39 is 0 Å². The van der Waals surface area contributed by atoms with Gasteiger partial charge in [-0.2, -0.15) is 0 Å². The van der Waals surface area contributed by atoms with Gasteiger partial charge in [0.25, 0.3) is 0 Å². The number of nitrogen functional groups attached to an aromatic ring is 1. The third kappa shape index (κ3) is 4.64. The Morgan fingerprint density at radius 2 is 1.72 bits per heavy atom. The van der Waals surface area contributed by atoms with E-state index in [-0.39, 0.29) is 18.1 Å². The van der Waals surface area contributed by atoms with Crippen LogP contribution >= 0.6 is 0 Å². The van der Waals surface area contributed by atoms with Crippen molar-refractivity contribution >= 4 is 11.6 Å². The van der Waals surface area contributed by atoms with Gasteiger partial charge in [0, 0.05) is 51.5 Å². The van der Waals surface area contributed by atoms with Crippen molar-refractivity contribution in [3.8, 4) is 11.3 Å². The predicted octanol–water partition coefficient (Wildman–Crippen LogP) is 2.83. The van der Waals surface area contributed by atoms with Gasteiger partial charge in [0.15, 0.2) is 0 Å². The topological polar surface area (TPSA) is 71.7 Å². The number of ether oxygens (including phenoxy) is 1. The molecule has 3 aliphatic rings. The Kier molecular flexibility index (Phi) is 6.11. The van der Waals surface area contributed by atoms with Gasteiger partial charge in [-0.1, -0.05) is 0 Å². The lowest BCUT2D eigenvalue weighted by Crippen LogP contribution is -2.36. The van der Waals surface area contributed by atoms with Gasteiger partial charge in [-0.25, -0.2) is 4.39 Å². The molecule has 0 spiro atoms. The molecule has 2 aromatic rings. The molecule has 2 atom stereocenters. The van der Waals surface area contributed by atoms with Gasteiger partial charge in [0.1, 0.15) is 5.82 Å². The first kappa shape index (κ1) is 21.3. The molecule has 7 heteroatoms. The monoisotopic (exact) mass is 438 g/mol. The maximum atomic E-state index is 13.2. The molecule has 32 heavy (non-hydrogen) atoms. The highest BCUT2D eigenvalue weighted by atomic mass is 19.1. The standard InChI is InChI=1S/C25H31FN4O2/c26-21-3-1-18(2-4-21)23-6-5-22(27)24(28-23)11-25(31)30-15-19-13-29(14-20(19)16-30)12-17-7-9-32-10-8-17/h1-6,17,19-20H,7-16,27H2. The molecule has 170 valence electrons. The summed E-state index contributed by atoms with van der Waals surface area (Å²) in [6.45, 7) is 6.79. The zero-order chi connectivity index (χ0) is 22.1. The Morgan fingerprint density at radius 3 is 2.41 bits per heavy atom.